The third kappa shape index (κ3) is 4.67. The van der Waals surface area contributed by atoms with E-state index < -0.39 is 10.8 Å². The molecule has 1 aliphatic heterocycles. The average Bonchev–Trinajstić information content (AvgIpc) is 3.43. The van der Waals surface area contributed by atoms with Gasteiger partial charge in [-0.05, 0) is 61.1 Å². The van der Waals surface area contributed by atoms with Crippen LogP contribution in [-0.4, -0.2) is 45.9 Å². The summed E-state index contributed by atoms with van der Waals surface area (Å²) in [4.78, 5) is 0. The van der Waals surface area contributed by atoms with E-state index in [0.29, 0.717) is 11.5 Å². The summed E-state index contributed by atoms with van der Waals surface area (Å²) in [5.41, 5.74) is 5.31. The number of aromatic hydroxyl groups is 1. The van der Waals surface area contributed by atoms with Gasteiger partial charge in [0.2, 0.25) is 0 Å². The van der Waals surface area contributed by atoms with Crippen LogP contribution >= 0.6 is 0 Å². The number of rotatable bonds is 2. The maximum absolute atomic E-state index is 11.2. The van der Waals surface area contributed by atoms with E-state index in [0.717, 1.165) is 28.6 Å². The van der Waals surface area contributed by atoms with E-state index in [2.05, 4.69) is 22.3 Å². The number of aryl methyl sites for hydroxylation is 2. The molecule has 1 aliphatic carbocycles. The van der Waals surface area contributed by atoms with E-state index in [1.165, 1.54) is 30.4 Å². The average molecular weight is 464 g/mol. The Morgan fingerprint density at radius 1 is 1.03 bits per heavy atom. The van der Waals surface area contributed by atoms with E-state index in [9.17, 15) is 9.32 Å². The molecule has 0 radical (unpaired) electrons. The maximum Gasteiger partial charge on any atom is 0.117 e. The molecule has 170 valence electrons. The van der Waals surface area contributed by atoms with Gasteiger partial charge in [0.25, 0.3) is 0 Å². The van der Waals surface area contributed by atoms with Crippen LogP contribution in [0.25, 0.3) is 16.6 Å². The second-order valence-corrected chi connectivity index (χ2v) is 9.75. The van der Waals surface area contributed by atoms with Gasteiger partial charge in [-0.3, -0.25) is 8.89 Å². The normalized spacial score (nSPS) is 18.8. The molecule has 8 nitrogen and oxygen atoms in total. The lowest BCUT2D eigenvalue weighted by molar-refractivity contribution is 0.476. The van der Waals surface area contributed by atoms with Crippen LogP contribution in [0.4, 0.5) is 0 Å². The van der Waals surface area contributed by atoms with Crippen LogP contribution in [0.15, 0.2) is 55.0 Å². The van der Waals surface area contributed by atoms with Crippen LogP contribution < -0.4 is 0 Å². The van der Waals surface area contributed by atoms with Gasteiger partial charge in [0.15, 0.2) is 0 Å². The van der Waals surface area contributed by atoms with Gasteiger partial charge in [-0.15, -0.1) is 0 Å². The summed E-state index contributed by atoms with van der Waals surface area (Å²) in [7, 11) is -0.692. The molecule has 4 aromatic rings. The fourth-order valence-corrected chi connectivity index (χ4v) is 5.25. The summed E-state index contributed by atoms with van der Waals surface area (Å²) in [5, 5.41) is 27.9. The van der Waals surface area contributed by atoms with Gasteiger partial charge in [-0.1, -0.05) is 6.07 Å². The van der Waals surface area contributed by atoms with Crippen molar-refractivity contribution in [1.82, 2.24) is 19.6 Å². The molecular weight excluding hydrogens is 438 g/mol. The van der Waals surface area contributed by atoms with Crippen molar-refractivity contribution >= 4 is 21.7 Å². The maximum atomic E-state index is 11.2. The highest BCUT2D eigenvalue weighted by Gasteiger charge is 2.27. The highest BCUT2D eigenvalue weighted by Crippen LogP contribution is 2.25. The Morgan fingerprint density at radius 2 is 1.82 bits per heavy atom. The van der Waals surface area contributed by atoms with Gasteiger partial charge < -0.3 is 10.6 Å². The number of hydrogen-bond donors (Lipinski definition) is 1. The smallest absolute Gasteiger partial charge is 0.117 e. The molecule has 3 heterocycles. The largest absolute Gasteiger partial charge is 0.508 e. The summed E-state index contributed by atoms with van der Waals surface area (Å²) in [5.74, 6) is 1.55. The van der Waals surface area contributed by atoms with E-state index >= 15 is 0 Å². The number of aromatic nitrogens is 4. The zero-order valence-electron chi connectivity index (χ0n) is 18.0. The lowest BCUT2D eigenvalue weighted by atomic mass is 9.91. The Labute approximate surface area is 193 Å². The highest BCUT2D eigenvalue weighted by atomic mass is 32.2. The molecule has 0 amide bonds. The molecule has 0 spiro atoms. The van der Waals surface area contributed by atoms with Crippen molar-refractivity contribution in [3.63, 3.8) is 0 Å². The first-order valence-electron chi connectivity index (χ1n) is 10.7. The van der Waals surface area contributed by atoms with Gasteiger partial charge in [0.1, 0.15) is 11.4 Å². The standard InChI is InChI=1S/C13H12N4O2S.C11H11N.H2O/c18-12-2-1-9-4-15-17(13(9)3-12)10-5-14-16(6-10)11-7-20(19)8-11;12-8-9-5-6-10-3-1-2-4-11(10)7-9;/h1-6,11,18H,7-8H2;5-7H,1-4H2;1H2. The number of benzene rings is 2. The van der Waals surface area contributed by atoms with Crippen molar-refractivity contribution in [3.05, 3.63) is 71.7 Å². The third-order valence-corrected chi connectivity index (χ3v) is 7.51. The zero-order chi connectivity index (χ0) is 22.1. The lowest BCUT2D eigenvalue weighted by Gasteiger charge is -2.24. The Balaban J connectivity index is 0.000000172. The molecule has 1 saturated heterocycles. The van der Waals surface area contributed by atoms with Gasteiger partial charge in [-0.25, -0.2) is 4.68 Å². The van der Waals surface area contributed by atoms with Gasteiger partial charge >= 0.3 is 0 Å². The van der Waals surface area contributed by atoms with Crippen molar-refractivity contribution in [2.45, 2.75) is 31.7 Å². The molecular formula is C24H25N5O3S. The van der Waals surface area contributed by atoms with Crippen LogP contribution in [0.3, 0.4) is 0 Å². The first-order chi connectivity index (χ1) is 15.6. The Bertz CT molecular complexity index is 1350. The molecule has 2 aromatic heterocycles. The van der Waals surface area contributed by atoms with Crippen LogP contribution in [-0.2, 0) is 23.6 Å². The molecule has 33 heavy (non-hydrogen) atoms. The van der Waals surface area contributed by atoms with Crippen molar-refractivity contribution in [3.8, 4) is 17.5 Å². The van der Waals surface area contributed by atoms with Crippen molar-refractivity contribution in [1.29, 1.82) is 5.26 Å². The van der Waals surface area contributed by atoms with Crippen LogP contribution in [0, 0.1) is 11.3 Å². The predicted octanol–water partition coefficient (Wildman–Crippen LogP) is 2.84. The molecule has 0 saturated carbocycles. The minimum atomic E-state index is -0.692. The summed E-state index contributed by atoms with van der Waals surface area (Å²) in [6.07, 6.45) is 10.3. The third-order valence-electron chi connectivity index (χ3n) is 6.00. The first kappa shape index (κ1) is 22.7. The Hall–Kier alpha value is -3.48. The van der Waals surface area contributed by atoms with Gasteiger partial charge in [-0.2, -0.15) is 15.5 Å². The van der Waals surface area contributed by atoms with Crippen LogP contribution in [0.5, 0.6) is 5.75 Å². The van der Waals surface area contributed by atoms with E-state index in [1.54, 1.807) is 29.2 Å². The second kappa shape index (κ2) is 9.57. The van der Waals surface area contributed by atoms with Gasteiger partial charge in [0, 0.05) is 33.8 Å². The zero-order valence-corrected chi connectivity index (χ0v) is 18.8. The quantitative estimate of drug-likeness (QED) is 0.489. The topological polar surface area (TPSA) is 128 Å². The summed E-state index contributed by atoms with van der Waals surface area (Å²) in [6.45, 7) is 0. The number of hydrogen-bond acceptors (Lipinski definition) is 5. The van der Waals surface area contributed by atoms with E-state index in [-0.39, 0.29) is 17.3 Å². The summed E-state index contributed by atoms with van der Waals surface area (Å²) >= 11 is 0. The van der Waals surface area contributed by atoms with Crippen molar-refractivity contribution < 1.29 is 14.8 Å². The second-order valence-electron chi connectivity index (χ2n) is 8.21. The van der Waals surface area contributed by atoms with E-state index in [1.807, 2.05) is 29.1 Å². The SMILES string of the molecule is N#Cc1ccc2c(c1)CCCC2.O.O=S1CC(n2cc(-n3ncc4ccc(O)cc43)cn2)C1. The molecule has 3 N–H and O–H groups in total. The fraction of sp³-hybridized carbons (Fsp3) is 0.292. The monoisotopic (exact) mass is 463 g/mol. The number of phenols is 1. The van der Waals surface area contributed by atoms with Gasteiger partial charge in [0.05, 0.1) is 41.8 Å². The van der Waals surface area contributed by atoms with Crippen molar-refractivity contribution in [2.24, 2.45) is 0 Å². The summed E-state index contributed by atoms with van der Waals surface area (Å²) < 4.78 is 14.7. The number of nitriles is 1. The number of phenolic OH excluding ortho intramolecular Hbond substituents is 1. The Kier molecular flexibility index (Phi) is 6.58. The molecule has 0 bridgehead atoms. The highest BCUT2D eigenvalue weighted by molar-refractivity contribution is 7.86. The lowest BCUT2D eigenvalue weighted by Crippen LogP contribution is -2.33. The predicted molar refractivity (Wildman–Crippen MR) is 127 cm³/mol. The molecule has 1 fully saturated rings. The number of fused-ring (bicyclic) bond motifs is 2. The van der Waals surface area contributed by atoms with E-state index in [4.69, 9.17) is 5.26 Å². The van der Waals surface area contributed by atoms with Crippen LogP contribution in [0.2, 0.25) is 0 Å². The summed E-state index contributed by atoms with van der Waals surface area (Å²) in [6, 6.07) is 13.6. The number of nitrogens with zero attached hydrogens (tertiary/aromatic N) is 5. The Morgan fingerprint density at radius 3 is 2.58 bits per heavy atom. The fourth-order valence-electron chi connectivity index (χ4n) is 4.19. The minimum Gasteiger partial charge on any atom is -0.508 e. The molecule has 0 unspecified atom stereocenters. The van der Waals surface area contributed by atoms with Crippen LogP contribution in [0.1, 0.15) is 35.6 Å². The molecule has 9 heteroatoms. The molecule has 0 atom stereocenters. The molecule has 2 aromatic carbocycles. The van der Waals surface area contributed by atoms with Crippen molar-refractivity contribution in [2.75, 3.05) is 11.5 Å². The minimum absolute atomic E-state index is 0. The first-order valence-corrected chi connectivity index (χ1v) is 12.2. The molecule has 6 rings (SSSR count). The molecule has 2 aliphatic rings.